The lowest BCUT2D eigenvalue weighted by Crippen LogP contribution is -2.19. The number of rotatable bonds is 3. The van der Waals surface area contributed by atoms with E-state index in [1.54, 1.807) is 0 Å². The molecule has 5 heteroatoms. The van der Waals surface area contributed by atoms with E-state index < -0.39 is 0 Å². The minimum Gasteiger partial charge on any atom is -0.309 e. The van der Waals surface area contributed by atoms with Gasteiger partial charge in [0.25, 0.3) is 5.56 Å². The van der Waals surface area contributed by atoms with Crippen LogP contribution in [0.2, 0.25) is 5.02 Å². The number of hydrogen-bond donors (Lipinski definition) is 1. The molecule has 1 aliphatic carbocycles. The maximum atomic E-state index is 12.1. The minimum absolute atomic E-state index is 0.0236. The van der Waals surface area contributed by atoms with Crippen molar-refractivity contribution in [2.24, 2.45) is 0 Å². The average Bonchev–Trinajstić information content (AvgIpc) is 2.96. The lowest BCUT2D eigenvalue weighted by Gasteiger charge is -2.12. The molecule has 1 aromatic carbocycles. The minimum atomic E-state index is -0.0236. The summed E-state index contributed by atoms with van der Waals surface area (Å²) in [7, 11) is 0. The van der Waals surface area contributed by atoms with Gasteiger partial charge >= 0.3 is 0 Å². The number of hydrogen-bond acceptors (Lipinski definition) is 2. The van der Waals surface area contributed by atoms with Crippen molar-refractivity contribution in [3.05, 3.63) is 60.3 Å². The van der Waals surface area contributed by atoms with Crippen LogP contribution in [0.15, 0.2) is 29.1 Å². The first-order chi connectivity index (χ1) is 10.1. The van der Waals surface area contributed by atoms with Gasteiger partial charge in [-0.15, -0.1) is 0 Å². The van der Waals surface area contributed by atoms with Crippen molar-refractivity contribution in [3.63, 3.8) is 0 Å². The Balaban J connectivity index is 1.94. The molecule has 3 rings (SSSR count). The summed E-state index contributed by atoms with van der Waals surface area (Å²) in [6.07, 6.45) is 5.36. The first kappa shape index (κ1) is 15.0. The maximum absolute atomic E-state index is 12.1. The molecule has 1 heterocycles. The molecule has 1 aliphatic rings. The van der Waals surface area contributed by atoms with Gasteiger partial charge in [0.15, 0.2) is 0 Å². The van der Waals surface area contributed by atoms with Crippen LogP contribution in [0.4, 0.5) is 0 Å². The number of aromatic nitrogens is 2. The van der Waals surface area contributed by atoms with Crippen LogP contribution in [-0.2, 0) is 6.42 Å². The number of nitrogens with one attached hydrogen (secondary N) is 1. The Morgan fingerprint density at radius 1 is 1.33 bits per heavy atom. The third-order valence-electron chi connectivity index (χ3n) is 3.94. The van der Waals surface area contributed by atoms with Crippen LogP contribution in [0.3, 0.4) is 0 Å². The summed E-state index contributed by atoms with van der Waals surface area (Å²) >= 11 is 8.13. The Morgan fingerprint density at radius 2 is 2.10 bits per heavy atom. The molecule has 0 unspecified atom stereocenters. The molecule has 110 valence electrons. The summed E-state index contributed by atoms with van der Waals surface area (Å²) in [6.45, 7) is 0. The smallest absolute Gasteiger partial charge is 0.264 e. The first-order valence-corrected chi connectivity index (χ1v) is 8.62. The predicted molar refractivity (Wildman–Crippen MR) is 93.0 cm³/mol. The zero-order valence-corrected chi connectivity index (χ0v) is 14.4. The fourth-order valence-corrected chi connectivity index (χ4v) is 3.83. The molecule has 0 saturated heterocycles. The van der Waals surface area contributed by atoms with Crippen LogP contribution in [0.1, 0.15) is 48.7 Å². The van der Waals surface area contributed by atoms with E-state index >= 15 is 0 Å². The predicted octanol–water partition coefficient (Wildman–Crippen LogP) is 4.28. The van der Waals surface area contributed by atoms with Crippen LogP contribution in [0.5, 0.6) is 0 Å². The second-order valence-corrected chi connectivity index (χ2v) is 7.02. The summed E-state index contributed by atoms with van der Waals surface area (Å²) in [4.78, 5) is 19.8. The first-order valence-electron chi connectivity index (χ1n) is 7.16. The summed E-state index contributed by atoms with van der Waals surface area (Å²) in [5.74, 6) is 1.17. The van der Waals surface area contributed by atoms with Crippen molar-refractivity contribution in [2.75, 3.05) is 0 Å². The third kappa shape index (κ3) is 3.48. The van der Waals surface area contributed by atoms with Crippen LogP contribution in [0, 0.1) is 3.57 Å². The van der Waals surface area contributed by atoms with E-state index in [4.69, 9.17) is 16.6 Å². The number of aromatic amines is 1. The average molecular weight is 415 g/mol. The van der Waals surface area contributed by atoms with Crippen LogP contribution >= 0.6 is 34.2 Å². The van der Waals surface area contributed by atoms with Gasteiger partial charge in [-0.25, -0.2) is 4.98 Å². The molecule has 2 aromatic rings. The lowest BCUT2D eigenvalue weighted by atomic mass is 10.0. The summed E-state index contributed by atoms with van der Waals surface area (Å²) in [5.41, 5.74) is 2.02. The fraction of sp³-hybridized carbons (Fsp3) is 0.375. The van der Waals surface area contributed by atoms with Crippen molar-refractivity contribution in [1.29, 1.82) is 0 Å². The van der Waals surface area contributed by atoms with Gasteiger partial charge in [0.2, 0.25) is 0 Å². The standard InChI is InChI=1S/C16H16ClIN2O/c17-12-7-3-4-10(8-12)9-13-19-15(11-5-1-2-6-11)14(18)16(21)20-13/h3-4,7-8,11H,1-2,5-6,9H2,(H,19,20,21). The van der Waals surface area contributed by atoms with E-state index in [-0.39, 0.29) is 5.56 Å². The molecule has 1 aromatic heterocycles. The van der Waals surface area contributed by atoms with E-state index in [1.807, 2.05) is 24.3 Å². The maximum Gasteiger partial charge on any atom is 0.264 e. The second kappa shape index (κ2) is 6.48. The van der Waals surface area contributed by atoms with Gasteiger partial charge in [-0.3, -0.25) is 4.79 Å². The fourth-order valence-electron chi connectivity index (χ4n) is 2.92. The van der Waals surface area contributed by atoms with Gasteiger partial charge in [-0.1, -0.05) is 36.6 Å². The van der Waals surface area contributed by atoms with E-state index in [0.29, 0.717) is 17.4 Å². The number of nitrogens with zero attached hydrogens (tertiary/aromatic N) is 1. The molecule has 0 radical (unpaired) electrons. The molecular formula is C16H16ClIN2O. The lowest BCUT2D eigenvalue weighted by molar-refractivity contribution is 0.677. The Kier molecular flexibility index (Phi) is 4.64. The molecule has 0 amide bonds. The van der Waals surface area contributed by atoms with Gasteiger partial charge in [-0.05, 0) is 53.1 Å². The van der Waals surface area contributed by atoms with Gasteiger partial charge in [0.05, 0.1) is 9.26 Å². The Labute approximate surface area is 142 Å². The number of benzene rings is 1. The highest BCUT2D eigenvalue weighted by Gasteiger charge is 2.22. The van der Waals surface area contributed by atoms with Crippen LogP contribution in [-0.4, -0.2) is 9.97 Å². The monoisotopic (exact) mass is 414 g/mol. The van der Waals surface area contributed by atoms with E-state index in [9.17, 15) is 4.79 Å². The Bertz CT molecular complexity index is 708. The molecule has 1 N–H and O–H groups in total. The summed E-state index contributed by atoms with van der Waals surface area (Å²) in [6, 6.07) is 7.67. The van der Waals surface area contributed by atoms with Crippen molar-refractivity contribution >= 4 is 34.2 Å². The molecule has 3 nitrogen and oxygen atoms in total. The van der Waals surface area contributed by atoms with E-state index in [2.05, 4.69) is 27.6 Å². The summed E-state index contributed by atoms with van der Waals surface area (Å²) in [5, 5.41) is 0.705. The van der Waals surface area contributed by atoms with Crippen LogP contribution < -0.4 is 5.56 Å². The van der Waals surface area contributed by atoms with Gasteiger partial charge < -0.3 is 4.98 Å². The normalized spacial score (nSPS) is 15.5. The highest BCUT2D eigenvalue weighted by atomic mass is 127. The Hall–Kier alpha value is -0.880. The SMILES string of the molecule is O=c1[nH]c(Cc2cccc(Cl)c2)nc(C2CCCC2)c1I. The zero-order valence-electron chi connectivity index (χ0n) is 11.5. The number of H-pyrrole nitrogens is 1. The van der Waals surface area contributed by atoms with Gasteiger partial charge in [0, 0.05) is 17.4 Å². The van der Waals surface area contributed by atoms with Gasteiger partial charge in [-0.2, -0.15) is 0 Å². The third-order valence-corrected chi connectivity index (χ3v) is 5.22. The van der Waals surface area contributed by atoms with E-state index in [1.165, 1.54) is 12.8 Å². The second-order valence-electron chi connectivity index (χ2n) is 5.50. The number of halogens is 2. The largest absolute Gasteiger partial charge is 0.309 e. The molecule has 0 spiro atoms. The topological polar surface area (TPSA) is 45.8 Å². The quantitative estimate of drug-likeness (QED) is 0.762. The van der Waals surface area contributed by atoms with Crippen molar-refractivity contribution in [1.82, 2.24) is 9.97 Å². The molecular weight excluding hydrogens is 399 g/mol. The molecule has 21 heavy (non-hydrogen) atoms. The molecule has 1 saturated carbocycles. The van der Waals surface area contributed by atoms with E-state index in [0.717, 1.165) is 33.5 Å². The van der Waals surface area contributed by atoms with Crippen molar-refractivity contribution in [2.45, 2.75) is 38.0 Å². The van der Waals surface area contributed by atoms with Gasteiger partial charge in [0.1, 0.15) is 5.82 Å². The molecule has 0 aliphatic heterocycles. The van der Waals surface area contributed by atoms with Crippen molar-refractivity contribution in [3.8, 4) is 0 Å². The highest BCUT2D eigenvalue weighted by Crippen LogP contribution is 2.34. The molecule has 0 bridgehead atoms. The highest BCUT2D eigenvalue weighted by molar-refractivity contribution is 14.1. The molecule has 1 fully saturated rings. The zero-order chi connectivity index (χ0) is 14.8. The molecule has 0 atom stereocenters. The van der Waals surface area contributed by atoms with Crippen molar-refractivity contribution < 1.29 is 0 Å². The summed E-state index contributed by atoms with van der Waals surface area (Å²) < 4.78 is 0.745. The Morgan fingerprint density at radius 3 is 2.81 bits per heavy atom. The van der Waals surface area contributed by atoms with Crippen LogP contribution in [0.25, 0.3) is 0 Å².